The number of nitrogens with zero attached hydrogens (tertiary/aromatic N) is 2. The van der Waals surface area contributed by atoms with Gasteiger partial charge in [0.2, 0.25) is 11.8 Å². The Balaban J connectivity index is 1.73. The molecule has 1 atom stereocenters. The molecule has 0 aliphatic heterocycles. The summed E-state index contributed by atoms with van der Waals surface area (Å²) >= 11 is 13.0. The van der Waals surface area contributed by atoms with Crippen LogP contribution in [0.4, 0.5) is 5.69 Å². The van der Waals surface area contributed by atoms with Crippen LogP contribution >= 0.6 is 23.2 Å². The molecule has 0 heterocycles. The van der Waals surface area contributed by atoms with E-state index in [4.69, 9.17) is 23.2 Å². The molecule has 3 aromatic rings. The van der Waals surface area contributed by atoms with E-state index in [1.807, 2.05) is 30.3 Å². The van der Waals surface area contributed by atoms with Gasteiger partial charge in [0.05, 0.1) is 11.3 Å². The zero-order valence-electron chi connectivity index (χ0n) is 21.5. The number of halogens is 2. The maximum atomic E-state index is 14.0. The minimum absolute atomic E-state index is 0.0203. The van der Waals surface area contributed by atoms with Gasteiger partial charge >= 0.3 is 0 Å². The first-order valence-electron chi connectivity index (χ1n) is 13.1. The number of benzene rings is 3. The average molecular weight is 569 g/mol. The Labute approximate surface area is 238 Å². The molecular weight excluding hydrogens is 537 g/mol. The monoisotopic (exact) mass is 567 g/mol. The first-order valence-corrected chi connectivity index (χ1v) is 13.9. The molecule has 204 valence electrons. The molecule has 0 saturated heterocycles. The summed E-state index contributed by atoms with van der Waals surface area (Å²) in [5, 5.41) is 15.6. The molecule has 1 aliphatic carbocycles. The van der Waals surface area contributed by atoms with E-state index < -0.39 is 16.9 Å². The van der Waals surface area contributed by atoms with Gasteiger partial charge in [-0.05, 0) is 30.5 Å². The van der Waals surface area contributed by atoms with E-state index in [9.17, 15) is 19.7 Å². The molecule has 0 radical (unpaired) electrons. The lowest BCUT2D eigenvalue weighted by Gasteiger charge is -2.34. The third kappa shape index (κ3) is 7.58. The number of rotatable bonds is 10. The number of carbonyl (C=O) groups is 2. The first kappa shape index (κ1) is 28.6. The lowest BCUT2D eigenvalue weighted by molar-refractivity contribution is -0.385. The van der Waals surface area contributed by atoms with Crippen molar-refractivity contribution < 1.29 is 14.5 Å². The van der Waals surface area contributed by atoms with Gasteiger partial charge in [-0.1, -0.05) is 97.1 Å². The minimum Gasteiger partial charge on any atom is -0.352 e. The molecule has 0 spiro atoms. The summed E-state index contributed by atoms with van der Waals surface area (Å²) in [6.07, 6.45) is 5.04. The third-order valence-corrected chi connectivity index (χ3v) is 7.85. The van der Waals surface area contributed by atoms with Crippen molar-refractivity contribution >= 4 is 40.7 Å². The van der Waals surface area contributed by atoms with Crippen LogP contribution in [0.3, 0.4) is 0 Å². The Morgan fingerprint density at radius 2 is 1.56 bits per heavy atom. The van der Waals surface area contributed by atoms with Crippen molar-refractivity contribution in [2.45, 2.75) is 63.6 Å². The molecule has 7 nitrogen and oxygen atoms in total. The van der Waals surface area contributed by atoms with Crippen LogP contribution in [0.1, 0.15) is 48.8 Å². The Bertz CT molecular complexity index is 1290. The molecule has 1 saturated carbocycles. The van der Waals surface area contributed by atoms with E-state index in [1.165, 1.54) is 11.0 Å². The predicted molar refractivity (Wildman–Crippen MR) is 153 cm³/mol. The Kier molecular flexibility index (Phi) is 9.96. The number of hydrogen-bond acceptors (Lipinski definition) is 4. The molecule has 3 aromatic carbocycles. The fourth-order valence-corrected chi connectivity index (χ4v) is 5.57. The first-order chi connectivity index (χ1) is 18.8. The Morgan fingerprint density at radius 1 is 0.923 bits per heavy atom. The highest BCUT2D eigenvalue weighted by Gasteiger charge is 2.33. The Hall–Kier alpha value is -3.42. The van der Waals surface area contributed by atoms with Crippen LogP contribution in [0, 0.1) is 10.1 Å². The number of carbonyl (C=O) groups excluding carboxylic acids is 2. The summed E-state index contributed by atoms with van der Waals surface area (Å²) in [5.74, 6) is -0.690. The molecule has 39 heavy (non-hydrogen) atoms. The number of para-hydroxylation sites is 1. The summed E-state index contributed by atoms with van der Waals surface area (Å²) in [4.78, 5) is 40.5. The van der Waals surface area contributed by atoms with Gasteiger partial charge in [0.1, 0.15) is 6.04 Å². The van der Waals surface area contributed by atoms with Crippen LogP contribution in [0.5, 0.6) is 0 Å². The van der Waals surface area contributed by atoms with Crippen molar-refractivity contribution in [2.75, 3.05) is 0 Å². The summed E-state index contributed by atoms with van der Waals surface area (Å²) in [7, 11) is 0. The van der Waals surface area contributed by atoms with Crippen LogP contribution in [0.15, 0.2) is 72.8 Å². The molecular formula is C30H31Cl2N3O4. The predicted octanol–water partition coefficient (Wildman–Crippen LogP) is 6.53. The van der Waals surface area contributed by atoms with Crippen molar-refractivity contribution in [1.82, 2.24) is 10.2 Å². The molecule has 1 fully saturated rings. The fraction of sp³-hybridized carbons (Fsp3) is 0.333. The minimum atomic E-state index is -0.878. The van der Waals surface area contributed by atoms with Crippen molar-refractivity contribution in [3.05, 3.63) is 110 Å². The van der Waals surface area contributed by atoms with Gasteiger partial charge in [-0.25, -0.2) is 0 Å². The molecule has 1 aliphatic rings. The van der Waals surface area contributed by atoms with Crippen molar-refractivity contribution in [3.8, 4) is 0 Å². The normalized spacial score (nSPS) is 14.4. The van der Waals surface area contributed by atoms with Gasteiger partial charge in [0.25, 0.3) is 5.69 Å². The summed E-state index contributed by atoms with van der Waals surface area (Å²) < 4.78 is 0. The Morgan fingerprint density at radius 3 is 2.23 bits per heavy atom. The lowest BCUT2D eigenvalue weighted by Crippen LogP contribution is -2.53. The van der Waals surface area contributed by atoms with Crippen LogP contribution < -0.4 is 5.32 Å². The zero-order valence-corrected chi connectivity index (χ0v) is 23.0. The zero-order chi connectivity index (χ0) is 27.8. The molecule has 1 N–H and O–H groups in total. The standard InChI is InChI=1S/C30H31Cl2N3O4/c31-25-15-9-16-26(32)24(25)20-34(29(36)19-22-12-7-8-17-27(22)35(38)39)28(18-21-10-3-1-4-11-21)30(37)33-23-13-5-2-6-14-23/h1,3-4,7-12,15-17,23,28H,2,5-6,13-14,18-20H2,(H,33,37)/t28-/m1/s1. The van der Waals surface area contributed by atoms with Gasteiger partial charge in [-0.2, -0.15) is 0 Å². The molecule has 9 heteroatoms. The number of amides is 2. The number of nitro groups is 1. The molecule has 2 amide bonds. The average Bonchev–Trinajstić information content (AvgIpc) is 2.93. The summed E-state index contributed by atoms with van der Waals surface area (Å²) in [5.41, 5.74) is 1.53. The molecule has 0 aromatic heterocycles. The highest BCUT2D eigenvalue weighted by Crippen LogP contribution is 2.29. The SMILES string of the molecule is O=C(NC1CCCCC1)[C@@H](Cc1ccccc1)N(Cc1c(Cl)cccc1Cl)C(=O)Cc1ccccc1[N+](=O)[O-]. The van der Waals surface area contributed by atoms with E-state index in [0.29, 0.717) is 15.6 Å². The largest absolute Gasteiger partial charge is 0.352 e. The van der Waals surface area contributed by atoms with Crippen molar-refractivity contribution in [2.24, 2.45) is 0 Å². The van der Waals surface area contributed by atoms with Gasteiger partial charge in [0.15, 0.2) is 0 Å². The highest BCUT2D eigenvalue weighted by molar-refractivity contribution is 6.36. The quantitative estimate of drug-likeness (QED) is 0.222. The fourth-order valence-electron chi connectivity index (χ4n) is 5.05. The molecule has 0 unspecified atom stereocenters. The highest BCUT2D eigenvalue weighted by atomic mass is 35.5. The molecule has 4 rings (SSSR count). The van der Waals surface area contributed by atoms with E-state index in [2.05, 4.69) is 5.32 Å². The van der Waals surface area contributed by atoms with Crippen LogP contribution in [0.2, 0.25) is 10.0 Å². The number of nitrogens with one attached hydrogen (secondary N) is 1. The topological polar surface area (TPSA) is 92.6 Å². The van der Waals surface area contributed by atoms with Crippen molar-refractivity contribution in [1.29, 1.82) is 0 Å². The summed E-state index contributed by atoms with van der Waals surface area (Å²) in [6, 6.07) is 19.9. The second kappa shape index (κ2) is 13.6. The van der Waals surface area contributed by atoms with Gasteiger partial charge in [-0.15, -0.1) is 0 Å². The van der Waals surface area contributed by atoms with E-state index >= 15 is 0 Å². The maximum absolute atomic E-state index is 14.0. The van der Waals surface area contributed by atoms with Crippen LogP contribution in [-0.4, -0.2) is 33.7 Å². The summed E-state index contributed by atoms with van der Waals surface area (Å²) in [6.45, 7) is -0.0203. The van der Waals surface area contributed by atoms with E-state index in [1.54, 1.807) is 36.4 Å². The maximum Gasteiger partial charge on any atom is 0.273 e. The van der Waals surface area contributed by atoms with E-state index in [-0.39, 0.29) is 42.6 Å². The van der Waals surface area contributed by atoms with E-state index in [0.717, 1.165) is 37.7 Å². The van der Waals surface area contributed by atoms with Crippen LogP contribution in [0.25, 0.3) is 0 Å². The lowest BCUT2D eigenvalue weighted by atomic mass is 9.94. The second-order valence-electron chi connectivity index (χ2n) is 9.83. The van der Waals surface area contributed by atoms with Crippen LogP contribution in [-0.2, 0) is 29.0 Å². The number of hydrogen-bond donors (Lipinski definition) is 1. The molecule has 0 bridgehead atoms. The van der Waals surface area contributed by atoms with Gasteiger partial charge < -0.3 is 10.2 Å². The third-order valence-electron chi connectivity index (χ3n) is 7.14. The van der Waals surface area contributed by atoms with Crippen molar-refractivity contribution in [3.63, 3.8) is 0 Å². The van der Waals surface area contributed by atoms with Gasteiger partial charge in [0, 0.05) is 46.2 Å². The number of nitro benzene ring substituents is 1. The van der Waals surface area contributed by atoms with Gasteiger partial charge in [-0.3, -0.25) is 19.7 Å². The second-order valence-corrected chi connectivity index (χ2v) is 10.6. The smallest absolute Gasteiger partial charge is 0.273 e.